The van der Waals surface area contributed by atoms with Crippen molar-refractivity contribution in [3.63, 3.8) is 0 Å². The fraction of sp³-hybridized carbons (Fsp3) is 0.0882. The lowest BCUT2D eigenvalue weighted by atomic mass is 9.68. The van der Waals surface area contributed by atoms with Crippen molar-refractivity contribution in [3.8, 4) is 0 Å². The third kappa shape index (κ3) is 6.21. The molecule has 0 spiro atoms. The fourth-order valence-electron chi connectivity index (χ4n) is 5.06. The lowest BCUT2D eigenvalue weighted by Crippen LogP contribution is -2.47. The van der Waals surface area contributed by atoms with Crippen LogP contribution in [0, 0.1) is 17.0 Å². The number of hydrogen-bond donors (Lipinski definition) is 1. The average Bonchev–Trinajstić information content (AvgIpc) is 3.02. The van der Waals surface area contributed by atoms with Crippen LogP contribution in [0.3, 0.4) is 0 Å². The quantitative estimate of drug-likeness (QED) is 0.0614. The first-order valence-corrected chi connectivity index (χ1v) is 15.3. The lowest BCUT2D eigenvalue weighted by Gasteiger charge is -2.37. The van der Waals surface area contributed by atoms with Crippen LogP contribution < -0.4 is 5.32 Å². The van der Waals surface area contributed by atoms with Gasteiger partial charge in [-0.15, -0.1) is 4.40 Å². The zero-order chi connectivity index (χ0) is 30.5. The predicted octanol–water partition coefficient (Wildman–Crippen LogP) is 7.47. The molecular formula is C34H28ClN3O4S. The van der Waals surface area contributed by atoms with E-state index in [9.17, 15) is 18.5 Å². The summed E-state index contributed by atoms with van der Waals surface area (Å²) in [5, 5.41) is 15.3. The van der Waals surface area contributed by atoms with Crippen LogP contribution in [0.1, 0.15) is 27.8 Å². The van der Waals surface area contributed by atoms with Gasteiger partial charge in [-0.1, -0.05) is 120 Å². The third-order valence-corrected chi connectivity index (χ3v) is 8.80. The summed E-state index contributed by atoms with van der Waals surface area (Å²) in [6, 6.07) is 38.4. The minimum absolute atomic E-state index is 0.0296. The maximum Gasteiger partial charge on any atom is 0.283 e. The third-order valence-electron chi connectivity index (χ3n) is 7.18. The van der Waals surface area contributed by atoms with E-state index in [1.807, 2.05) is 79.7 Å². The normalized spacial score (nSPS) is 13.2. The Labute approximate surface area is 255 Å². The van der Waals surface area contributed by atoms with E-state index in [1.165, 1.54) is 24.3 Å². The maximum absolute atomic E-state index is 14.0. The number of nitrogens with one attached hydrogen (secondary N) is 1. The van der Waals surface area contributed by atoms with Crippen molar-refractivity contribution in [1.29, 1.82) is 0 Å². The van der Waals surface area contributed by atoms with E-state index in [0.29, 0.717) is 21.7 Å². The van der Waals surface area contributed by atoms with Gasteiger partial charge in [0.05, 0.1) is 9.82 Å². The molecule has 0 saturated heterocycles. The number of halogens is 1. The molecule has 0 aliphatic heterocycles. The number of rotatable bonds is 9. The highest BCUT2D eigenvalue weighted by molar-refractivity contribution is 7.90. The number of non-ortho nitro benzene ring substituents is 1. The highest BCUT2D eigenvalue weighted by atomic mass is 35.5. The minimum Gasteiger partial charge on any atom is -0.367 e. The number of nitro benzene ring substituents is 1. The van der Waals surface area contributed by atoms with E-state index < -0.39 is 20.4 Å². The van der Waals surface area contributed by atoms with Gasteiger partial charge >= 0.3 is 0 Å². The summed E-state index contributed by atoms with van der Waals surface area (Å²) < 4.78 is 32.5. The Hall–Kier alpha value is -4.79. The molecule has 7 nitrogen and oxygen atoms in total. The van der Waals surface area contributed by atoms with E-state index >= 15 is 0 Å². The van der Waals surface area contributed by atoms with E-state index in [1.54, 1.807) is 36.4 Å². The van der Waals surface area contributed by atoms with E-state index in [2.05, 4.69) is 9.71 Å². The van der Waals surface area contributed by atoms with Crippen molar-refractivity contribution < 1.29 is 13.3 Å². The summed E-state index contributed by atoms with van der Waals surface area (Å²) in [6.07, 6.45) is 0. The number of nitrogens with zero attached hydrogens (tertiary/aromatic N) is 2. The van der Waals surface area contributed by atoms with Gasteiger partial charge in [-0.05, 0) is 47.4 Å². The Balaban J connectivity index is 1.87. The van der Waals surface area contributed by atoms with E-state index in [0.717, 1.165) is 11.1 Å². The minimum atomic E-state index is -4.25. The number of benzene rings is 5. The predicted molar refractivity (Wildman–Crippen MR) is 170 cm³/mol. The molecule has 0 aromatic heterocycles. The Kier molecular flexibility index (Phi) is 8.71. The molecule has 5 rings (SSSR count). The lowest BCUT2D eigenvalue weighted by molar-refractivity contribution is -0.384. The second-order valence-corrected chi connectivity index (χ2v) is 12.0. The second-order valence-electron chi connectivity index (χ2n) is 9.97. The zero-order valence-corrected chi connectivity index (χ0v) is 24.8. The molecule has 5 aromatic carbocycles. The molecule has 1 N–H and O–H groups in total. The van der Waals surface area contributed by atoms with Crippen LogP contribution in [-0.2, 0) is 22.0 Å². The van der Waals surface area contributed by atoms with Crippen LogP contribution in [0.2, 0.25) is 5.02 Å². The number of sulfonamides is 1. The summed E-state index contributed by atoms with van der Waals surface area (Å²) in [4.78, 5) is 11.1. The first kappa shape index (κ1) is 29.7. The Morgan fingerprint density at radius 3 is 1.95 bits per heavy atom. The Morgan fingerprint density at radius 2 is 1.35 bits per heavy atom. The van der Waals surface area contributed by atoms with Gasteiger partial charge in [-0.3, -0.25) is 10.1 Å². The molecule has 0 aliphatic carbocycles. The molecule has 0 bridgehead atoms. The molecule has 0 fully saturated rings. The molecule has 0 amide bonds. The number of aryl methyl sites for hydroxylation is 1. The molecule has 216 valence electrons. The topological polar surface area (TPSA) is 102 Å². The number of amidine groups is 1. The first-order valence-electron chi connectivity index (χ1n) is 13.5. The van der Waals surface area contributed by atoms with Crippen LogP contribution in [0.25, 0.3) is 0 Å². The van der Waals surface area contributed by atoms with Gasteiger partial charge in [-0.25, -0.2) is 0 Å². The van der Waals surface area contributed by atoms with Gasteiger partial charge in [0.2, 0.25) is 0 Å². The smallest absolute Gasteiger partial charge is 0.283 e. The van der Waals surface area contributed by atoms with Crippen molar-refractivity contribution in [1.82, 2.24) is 5.32 Å². The number of hydrogen-bond acceptors (Lipinski definition) is 4. The van der Waals surface area contributed by atoms with Crippen LogP contribution in [0.5, 0.6) is 0 Å². The highest BCUT2D eigenvalue weighted by Gasteiger charge is 2.44. The molecular weight excluding hydrogens is 582 g/mol. The van der Waals surface area contributed by atoms with Crippen molar-refractivity contribution in [2.75, 3.05) is 0 Å². The molecule has 0 radical (unpaired) electrons. The molecule has 9 heteroatoms. The molecule has 5 aromatic rings. The SMILES string of the molecule is Cc1ccc(S(=O)(=O)N=C(NCc2ccccc2)C(c2ccccc2)(c2ccc([N+](=O)[O-])cc2)c2ccccc2Cl)cc1. The van der Waals surface area contributed by atoms with Crippen molar-refractivity contribution in [3.05, 3.63) is 176 Å². The van der Waals surface area contributed by atoms with Crippen LogP contribution in [-0.4, -0.2) is 19.2 Å². The second kappa shape index (κ2) is 12.6. The van der Waals surface area contributed by atoms with Gasteiger partial charge in [-0.2, -0.15) is 8.42 Å². The molecule has 1 unspecified atom stereocenters. The molecule has 0 aliphatic rings. The summed E-state index contributed by atoms with van der Waals surface area (Å²) in [6.45, 7) is 2.12. The summed E-state index contributed by atoms with van der Waals surface area (Å²) in [5.41, 5.74) is 2.04. The molecule has 43 heavy (non-hydrogen) atoms. The van der Waals surface area contributed by atoms with Crippen molar-refractivity contribution in [2.24, 2.45) is 4.40 Å². The van der Waals surface area contributed by atoms with Gasteiger partial charge in [0.25, 0.3) is 15.7 Å². The van der Waals surface area contributed by atoms with Crippen molar-refractivity contribution >= 4 is 33.1 Å². The van der Waals surface area contributed by atoms with E-state index in [-0.39, 0.29) is 23.0 Å². The van der Waals surface area contributed by atoms with Gasteiger partial charge < -0.3 is 5.32 Å². The van der Waals surface area contributed by atoms with Crippen LogP contribution in [0.15, 0.2) is 143 Å². The number of nitro groups is 1. The highest BCUT2D eigenvalue weighted by Crippen LogP contribution is 2.44. The summed E-state index contributed by atoms with van der Waals surface area (Å²) in [5.74, 6) is 0.0880. The van der Waals surface area contributed by atoms with Gasteiger partial charge in [0, 0.05) is 23.7 Å². The molecule has 0 heterocycles. The van der Waals surface area contributed by atoms with Gasteiger partial charge in [0.1, 0.15) is 11.3 Å². The fourth-order valence-corrected chi connectivity index (χ4v) is 6.37. The summed E-state index contributed by atoms with van der Waals surface area (Å²) >= 11 is 6.92. The van der Waals surface area contributed by atoms with Crippen LogP contribution in [0.4, 0.5) is 5.69 Å². The summed E-state index contributed by atoms with van der Waals surface area (Å²) in [7, 11) is -4.25. The maximum atomic E-state index is 14.0. The monoisotopic (exact) mass is 609 g/mol. The standard InChI is InChI=1S/C34H28ClN3O4S/c1-25-16-22-30(23-17-25)43(41,42)37-33(36-24-26-10-4-2-5-11-26)34(27-12-6-3-7-13-27,31-14-8-9-15-32(31)35)28-18-20-29(21-19-28)38(39)40/h2-23H,24H2,1H3,(H,36,37). The zero-order valence-electron chi connectivity index (χ0n) is 23.2. The molecule has 0 saturated carbocycles. The Morgan fingerprint density at radius 1 is 0.791 bits per heavy atom. The first-order chi connectivity index (χ1) is 20.7. The van der Waals surface area contributed by atoms with Gasteiger partial charge in [0.15, 0.2) is 0 Å². The average molecular weight is 610 g/mol. The van der Waals surface area contributed by atoms with Crippen molar-refractivity contribution in [2.45, 2.75) is 23.8 Å². The molecule has 1 atom stereocenters. The van der Waals surface area contributed by atoms with E-state index in [4.69, 9.17) is 11.6 Å². The largest absolute Gasteiger partial charge is 0.367 e. The van der Waals surface area contributed by atoms with Crippen LogP contribution >= 0.6 is 11.6 Å². The Bertz CT molecular complexity index is 1860.